The third-order valence-electron chi connectivity index (χ3n) is 4.13. The predicted molar refractivity (Wildman–Crippen MR) is 118 cm³/mol. The number of aryl methyl sites for hydroxylation is 1. The van der Waals surface area contributed by atoms with E-state index in [1.807, 2.05) is 67.6 Å². The van der Waals surface area contributed by atoms with E-state index >= 15 is 0 Å². The minimum absolute atomic E-state index is 0.110. The summed E-state index contributed by atoms with van der Waals surface area (Å²) in [4.78, 5) is 19.8. The van der Waals surface area contributed by atoms with Gasteiger partial charge in [-0.15, -0.1) is 0 Å². The second-order valence-electron chi connectivity index (χ2n) is 6.48. The third kappa shape index (κ3) is 5.10. The zero-order chi connectivity index (χ0) is 20.2. The van der Waals surface area contributed by atoms with E-state index in [0.717, 1.165) is 22.3 Å². The quantitative estimate of drug-likeness (QED) is 0.370. The van der Waals surface area contributed by atoms with Crippen molar-refractivity contribution in [2.45, 2.75) is 12.1 Å². The van der Waals surface area contributed by atoms with Gasteiger partial charge in [-0.25, -0.2) is 4.98 Å². The molecule has 4 rings (SSSR count). The molecule has 2 N–H and O–H groups in total. The second kappa shape index (κ2) is 8.59. The number of H-pyrrole nitrogens is 1. The Labute approximate surface area is 177 Å². The highest BCUT2D eigenvalue weighted by atomic mass is 35.5. The van der Waals surface area contributed by atoms with E-state index < -0.39 is 0 Å². The van der Waals surface area contributed by atoms with Crippen molar-refractivity contribution in [2.75, 3.05) is 11.1 Å². The smallest absolute Gasteiger partial charge is 0.234 e. The summed E-state index contributed by atoms with van der Waals surface area (Å²) in [5.74, 6) is 1.63. The first kappa shape index (κ1) is 19.4. The van der Waals surface area contributed by atoms with Crippen molar-refractivity contribution < 1.29 is 9.53 Å². The van der Waals surface area contributed by atoms with Gasteiger partial charge >= 0.3 is 0 Å². The van der Waals surface area contributed by atoms with Gasteiger partial charge in [0, 0.05) is 10.7 Å². The van der Waals surface area contributed by atoms with Crippen LogP contribution in [0.5, 0.6) is 11.5 Å². The van der Waals surface area contributed by atoms with Gasteiger partial charge in [0.1, 0.15) is 11.5 Å². The lowest BCUT2D eigenvalue weighted by Gasteiger charge is -2.08. The molecule has 7 heteroatoms. The minimum atomic E-state index is -0.110. The van der Waals surface area contributed by atoms with E-state index in [-0.39, 0.29) is 11.7 Å². The topological polar surface area (TPSA) is 67.0 Å². The fourth-order valence-corrected chi connectivity index (χ4v) is 3.64. The molecule has 0 aliphatic carbocycles. The molecule has 0 spiro atoms. The first-order valence-electron chi connectivity index (χ1n) is 8.98. The monoisotopic (exact) mass is 423 g/mol. The van der Waals surface area contributed by atoms with E-state index in [9.17, 15) is 4.79 Å². The molecular weight excluding hydrogens is 406 g/mol. The highest BCUT2D eigenvalue weighted by Crippen LogP contribution is 2.25. The number of imidazole rings is 1. The van der Waals surface area contributed by atoms with Gasteiger partial charge in [0.15, 0.2) is 5.16 Å². The number of thioether (sulfide) groups is 1. The number of fused-ring (bicyclic) bond motifs is 1. The molecule has 1 heterocycles. The lowest BCUT2D eigenvalue weighted by Crippen LogP contribution is -2.13. The van der Waals surface area contributed by atoms with Crippen molar-refractivity contribution in [1.82, 2.24) is 9.97 Å². The first-order chi connectivity index (χ1) is 14.0. The van der Waals surface area contributed by atoms with Crippen LogP contribution in [0.25, 0.3) is 11.0 Å². The number of halogens is 1. The van der Waals surface area contributed by atoms with Crippen molar-refractivity contribution in [3.05, 3.63) is 77.3 Å². The van der Waals surface area contributed by atoms with Crippen LogP contribution in [0.15, 0.2) is 71.9 Å². The highest BCUT2D eigenvalue weighted by Gasteiger charge is 2.08. The lowest BCUT2D eigenvalue weighted by molar-refractivity contribution is -0.113. The SMILES string of the molecule is Cc1cccc(Oc2ccc(NC(=O)CSc3nc4ccc(Cl)cc4[nH]3)cc2)c1. The molecule has 5 nitrogen and oxygen atoms in total. The zero-order valence-electron chi connectivity index (χ0n) is 15.6. The summed E-state index contributed by atoms with van der Waals surface area (Å²) < 4.78 is 5.82. The van der Waals surface area contributed by atoms with Crippen LogP contribution in [0.2, 0.25) is 5.02 Å². The Kier molecular flexibility index (Phi) is 5.74. The van der Waals surface area contributed by atoms with Crippen LogP contribution >= 0.6 is 23.4 Å². The molecule has 0 fully saturated rings. The van der Waals surface area contributed by atoms with E-state index in [4.69, 9.17) is 16.3 Å². The fourth-order valence-electron chi connectivity index (χ4n) is 2.78. The largest absolute Gasteiger partial charge is 0.457 e. The Hall–Kier alpha value is -2.96. The van der Waals surface area contributed by atoms with Crippen LogP contribution in [-0.4, -0.2) is 21.6 Å². The molecule has 29 heavy (non-hydrogen) atoms. The van der Waals surface area contributed by atoms with Crippen LogP contribution < -0.4 is 10.1 Å². The van der Waals surface area contributed by atoms with Crippen LogP contribution in [0.3, 0.4) is 0 Å². The number of hydrogen-bond acceptors (Lipinski definition) is 4. The van der Waals surface area contributed by atoms with E-state index in [2.05, 4.69) is 15.3 Å². The number of rotatable bonds is 6. The second-order valence-corrected chi connectivity index (χ2v) is 7.88. The molecule has 3 aromatic carbocycles. The standard InChI is InChI=1S/C22H18ClN3O2S/c1-14-3-2-4-18(11-14)28-17-8-6-16(7-9-17)24-21(27)13-29-22-25-19-10-5-15(23)12-20(19)26-22/h2-12H,13H2,1H3,(H,24,27)(H,25,26). The molecule has 4 aromatic rings. The molecule has 0 atom stereocenters. The summed E-state index contributed by atoms with van der Waals surface area (Å²) in [6, 6.07) is 20.6. The number of ether oxygens (including phenoxy) is 1. The number of nitrogens with zero attached hydrogens (tertiary/aromatic N) is 1. The summed E-state index contributed by atoms with van der Waals surface area (Å²) in [5.41, 5.74) is 3.52. The lowest BCUT2D eigenvalue weighted by atomic mass is 10.2. The molecule has 0 saturated heterocycles. The summed E-state index contributed by atoms with van der Waals surface area (Å²) in [6.07, 6.45) is 0. The number of anilines is 1. The van der Waals surface area contributed by atoms with Crippen molar-refractivity contribution in [1.29, 1.82) is 0 Å². The Morgan fingerprint density at radius 1 is 1.10 bits per heavy atom. The molecule has 1 amide bonds. The average Bonchev–Trinajstić information content (AvgIpc) is 3.10. The number of benzene rings is 3. The molecule has 0 saturated carbocycles. The average molecular weight is 424 g/mol. The van der Waals surface area contributed by atoms with Crippen molar-refractivity contribution in [3.8, 4) is 11.5 Å². The number of aromatic nitrogens is 2. The normalized spacial score (nSPS) is 10.8. The first-order valence-corrected chi connectivity index (χ1v) is 10.3. The summed E-state index contributed by atoms with van der Waals surface area (Å²) in [5, 5.41) is 4.20. The van der Waals surface area contributed by atoms with E-state index in [0.29, 0.717) is 21.6 Å². The molecule has 146 valence electrons. The maximum Gasteiger partial charge on any atom is 0.234 e. The van der Waals surface area contributed by atoms with E-state index in [1.54, 1.807) is 6.07 Å². The van der Waals surface area contributed by atoms with Crippen LogP contribution in [0.1, 0.15) is 5.56 Å². The number of carbonyl (C=O) groups is 1. The fraction of sp³-hybridized carbons (Fsp3) is 0.0909. The van der Waals surface area contributed by atoms with Crippen molar-refractivity contribution in [2.24, 2.45) is 0 Å². The Balaban J connectivity index is 1.32. The molecule has 1 aromatic heterocycles. The molecule has 0 bridgehead atoms. The molecule has 0 radical (unpaired) electrons. The molecular formula is C22H18ClN3O2S. The van der Waals surface area contributed by atoms with Gasteiger partial charge in [0.2, 0.25) is 5.91 Å². The number of carbonyl (C=O) groups excluding carboxylic acids is 1. The summed E-state index contributed by atoms with van der Waals surface area (Å²) >= 11 is 7.32. The number of hydrogen-bond donors (Lipinski definition) is 2. The van der Waals surface area contributed by atoms with Gasteiger partial charge in [-0.05, 0) is 67.1 Å². The number of aromatic amines is 1. The number of nitrogens with one attached hydrogen (secondary N) is 2. The van der Waals surface area contributed by atoms with Crippen LogP contribution in [-0.2, 0) is 4.79 Å². The zero-order valence-corrected chi connectivity index (χ0v) is 17.2. The molecule has 0 unspecified atom stereocenters. The summed E-state index contributed by atoms with van der Waals surface area (Å²) in [6.45, 7) is 2.02. The maximum absolute atomic E-state index is 12.2. The Bertz CT molecular complexity index is 1160. The Morgan fingerprint density at radius 2 is 1.93 bits per heavy atom. The van der Waals surface area contributed by atoms with Gasteiger partial charge in [0.05, 0.1) is 16.8 Å². The third-order valence-corrected chi connectivity index (χ3v) is 5.23. The van der Waals surface area contributed by atoms with Gasteiger partial charge in [-0.3, -0.25) is 4.79 Å². The summed E-state index contributed by atoms with van der Waals surface area (Å²) in [7, 11) is 0. The van der Waals surface area contributed by atoms with E-state index in [1.165, 1.54) is 11.8 Å². The number of amides is 1. The van der Waals surface area contributed by atoms with Crippen molar-refractivity contribution in [3.63, 3.8) is 0 Å². The van der Waals surface area contributed by atoms with Crippen molar-refractivity contribution >= 4 is 46.0 Å². The minimum Gasteiger partial charge on any atom is -0.457 e. The molecule has 0 aliphatic rings. The highest BCUT2D eigenvalue weighted by molar-refractivity contribution is 7.99. The predicted octanol–water partition coefficient (Wildman–Crippen LogP) is 6.05. The van der Waals surface area contributed by atoms with Gasteiger partial charge < -0.3 is 15.0 Å². The Morgan fingerprint density at radius 3 is 2.72 bits per heavy atom. The van der Waals surface area contributed by atoms with Gasteiger partial charge in [0.25, 0.3) is 0 Å². The van der Waals surface area contributed by atoms with Crippen LogP contribution in [0, 0.1) is 6.92 Å². The van der Waals surface area contributed by atoms with Gasteiger partial charge in [-0.1, -0.05) is 35.5 Å². The van der Waals surface area contributed by atoms with Gasteiger partial charge in [-0.2, -0.15) is 0 Å². The van der Waals surface area contributed by atoms with Crippen LogP contribution in [0.4, 0.5) is 5.69 Å². The molecule has 0 aliphatic heterocycles. The maximum atomic E-state index is 12.2.